The third-order valence-corrected chi connectivity index (χ3v) is 0. The Hall–Kier alpha value is 2.49. The van der Waals surface area contributed by atoms with E-state index in [0.717, 1.165) is 0 Å². The molecule has 0 amide bonds. The van der Waals surface area contributed by atoms with Crippen LogP contribution in [0.2, 0.25) is 0 Å². The van der Waals surface area contributed by atoms with Crippen molar-refractivity contribution in [2.45, 2.75) is 0 Å². The number of rotatable bonds is 0. The third kappa shape index (κ3) is 8.82. The molecule has 0 fully saturated rings. The van der Waals surface area contributed by atoms with Crippen molar-refractivity contribution in [2.75, 3.05) is 0 Å². The minimum absolute atomic E-state index is 0. The van der Waals surface area contributed by atoms with Gasteiger partial charge in [-0.05, 0) is 0 Å². The molecule has 0 saturated carbocycles. The van der Waals surface area contributed by atoms with E-state index < -0.39 is 0 Å². The van der Waals surface area contributed by atoms with Gasteiger partial charge in [0.2, 0.25) is 0 Å². The van der Waals surface area contributed by atoms with Gasteiger partial charge in [-0.1, -0.05) is 0 Å². The summed E-state index contributed by atoms with van der Waals surface area (Å²) in [5.41, 5.74) is 0. The molecular weight excluding hydrogens is 343 g/mol. The molecule has 0 aromatic rings. The minimum Gasteiger partial charge on any atom is -2.00 e. The van der Waals surface area contributed by atoms with E-state index in [-0.39, 0.29) is 82.3 Å². The summed E-state index contributed by atoms with van der Waals surface area (Å²) >= 11 is 0. The maximum Gasteiger partial charge on any atom is 5.00 e. The van der Waals surface area contributed by atoms with Crippen LogP contribution in [0.15, 0.2) is 0 Å². The van der Waals surface area contributed by atoms with Crippen LogP contribution < -0.4 is 18.9 Å². The predicted molar refractivity (Wildman–Crippen MR) is 0.686 cm³/mol. The van der Waals surface area contributed by atoms with Gasteiger partial charge in [-0.25, -0.2) is 0 Å². The number of hydrogen-bond donors (Lipinski definition) is 0. The molecule has 0 aliphatic carbocycles. The van der Waals surface area contributed by atoms with E-state index in [9.17, 15) is 0 Å². The van der Waals surface area contributed by atoms with Crippen LogP contribution in [0.1, 0.15) is 0 Å². The van der Waals surface area contributed by atoms with E-state index in [4.69, 9.17) is 0 Å². The maximum absolute atomic E-state index is 0. The molecule has 0 saturated heterocycles. The van der Waals surface area contributed by atoms with E-state index in [1.54, 1.807) is 0 Å². The van der Waals surface area contributed by atoms with Crippen molar-refractivity contribution < 1.29 is 82.3 Å². The number of hydrogen-bond acceptors (Lipinski definition) is 0. The summed E-state index contributed by atoms with van der Waals surface area (Å²) in [6.07, 6.45) is 0. The SMILES string of the molecule is [La+3].[Li+].[O-2].[Ta+5]. The average Bonchev–Trinajstić information content (AvgIpc) is 0. The quantitative estimate of drug-likeness (QED) is 0.417. The fourth-order valence-electron chi connectivity index (χ4n) is 0. The summed E-state index contributed by atoms with van der Waals surface area (Å²) in [7, 11) is 0. The fraction of sp³-hybridized carbons (Fsp3) is 0. The molecular formula is LaLiOTa+7. The molecule has 0 bridgehead atoms. The Bertz CT molecular complexity index is 8.00. The summed E-state index contributed by atoms with van der Waals surface area (Å²) in [5.74, 6) is 0. The summed E-state index contributed by atoms with van der Waals surface area (Å²) in [6.45, 7) is 0. The summed E-state index contributed by atoms with van der Waals surface area (Å²) < 4.78 is 0. The van der Waals surface area contributed by atoms with E-state index in [1.807, 2.05) is 0 Å². The molecule has 0 spiro atoms. The fourth-order valence-corrected chi connectivity index (χ4v) is 0. The molecule has 0 aromatic heterocycles. The Kier molecular flexibility index (Phi) is 141. The summed E-state index contributed by atoms with van der Waals surface area (Å²) in [5, 5.41) is 0. The van der Waals surface area contributed by atoms with E-state index in [2.05, 4.69) is 0 Å². The smallest absolute Gasteiger partial charge is 2.00 e. The molecule has 8 valence electrons. The zero-order chi connectivity index (χ0) is 0. The minimum atomic E-state index is 0. The Labute approximate surface area is 80.9 Å². The molecule has 0 heterocycles. The van der Waals surface area contributed by atoms with E-state index >= 15 is 0 Å². The molecule has 0 N–H and O–H groups in total. The van der Waals surface area contributed by atoms with Gasteiger partial charge in [0.05, 0.1) is 0 Å². The van der Waals surface area contributed by atoms with Gasteiger partial charge < -0.3 is 5.48 Å². The van der Waals surface area contributed by atoms with Crippen LogP contribution in [-0.2, 0) is 27.9 Å². The molecule has 4 heteroatoms. The Balaban J connectivity index is 0. The molecule has 0 aromatic carbocycles. The van der Waals surface area contributed by atoms with Crippen molar-refractivity contribution in [3.63, 3.8) is 0 Å². The molecule has 0 aliphatic rings. The first-order valence-corrected chi connectivity index (χ1v) is 0. The van der Waals surface area contributed by atoms with Crippen molar-refractivity contribution in [3.8, 4) is 0 Å². The topological polar surface area (TPSA) is 28.5 Å². The first-order valence-electron chi connectivity index (χ1n) is 0. The summed E-state index contributed by atoms with van der Waals surface area (Å²) in [4.78, 5) is 0. The van der Waals surface area contributed by atoms with Gasteiger partial charge in [0.15, 0.2) is 0 Å². The van der Waals surface area contributed by atoms with Crippen molar-refractivity contribution in [1.29, 1.82) is 0 Å². The first-order chi connectivity index (χ1) is 0. The van der Waals surface area contributed by atoms with Gasteiger partial charge in [0, 0.05) is 0 Å². The second-order valence-corrected chi connectivity index (χ2v) is 0. The van der Waals surface area contributed by atoms with Crippen LogP contribution in [0.3, 0.4) is 0 Å². The van der Waals surface area contributed by atoms with Gasteiger partial charge in [0.25, 0.3) is 0 Å². The Morgan fingerprint density at radius 1 is 1.00 bits per heavy atom. The van der Waals surface area contributed by atoms with Crippen LogP contribution in [0.4, 0.5) is 0 Å². The normalized spacial score (nSPS) is 0. The Morgan fingerprint density at radius 2 is 1.00 bits per heavy atom. The van der Waals surface area contributed by atoms with Crippen LogP contribution in [0.5, 0.6) is 0 Å². The monoisotopic (exact) mass is 343 g/mol. The molecule has 0 rings (SSSR count). The second-order valence-electron chi connectivity index (χ2n) is 0. The van der Waals surface area contributed by atoms with Gasteiger partial charge in [0.1, 0.15) is 0 Å². The second kappa shape index (κ2) is 17.8. The van der Waals surface area contributed by atoms with Gasteiger partial charge in [-0.15, -0.1) is 0 Å². The molecule has 1 nitrogen and oxygen atoms in total. The van der Waals surface area contributed by atoms with Crippen molar-refractivity contribution in [2.24, 2.45) is 0 Å². The zero-order valence-electron chi connectivity index (χ0n) is 2.43. The average molecular weight is 343 g/mol. The zero-order valence-corrected chi connectivity index (χ0v) is 9.27. The summed E-state index contributed by atoms with van der Waals surface area (Å²) in [6, 6.07) is 0. The van der Waals surface area contributed by atoms with Crippen LogP contribution in [-0.4, -0.2) is 0 Å². The molecule has 0 aliphatic heterocycles. The van der Waals surface area contributed by atoms with Crippen molar-refractivity contribution >= 4 is 0 Å². The molecule has 0 radical (unpaired) electrons. The van der Waals surface area contributed by atoms with Crippen LogP contribution in [0.25, 0.3) is 0 Å². The largest absolute Gasteiger partial charge is 5.00 e. The molecule has 0 atom stereocenters. The molecule has 0 unspecified atom stereocenters. The third-order valence-electron chi connectivity index (χ3n) is 0. The van der Waals surface area contributed by atoms with Crippen LogP contribution >= 0.6 is 0 Å². The van der Waals surface area contributed by atoms with Gasteiger partial charge >= 0.3 is 76.8 Å². The van der Waals surface area contributed by atoms with Gasteiger partial charge in [-0.3, -0.25) is 0 Å². The molecule has 4 heavy (non-hydrogen) atoms. The van der Waals surface area contributed by atoms with Gasteiger partial charge in [-0.2, -0.15) is 0 Å². The van der Waals surface area contributed by atoms with Crippen molar-refractivity contribution in [1.82, 2.24) is 0 Å². The predicted octanol–water partition coefficient (Wildman–Crippen LogP) is -3.12. The standard InChI is InChI=1S/La.Li.O.Ta/q+3;+1;-2;+5. The van der Waals surface area contributed by atoms with E-state index in [0.29, 0.717) is 0 Å². The Morgan fingerprint density at radius 3 is 1.00 bits per heavy atom. The van der Waals surface area contributed by atoms with Crippen LogP contribution in [0, 0.1) is 35.6 Å². The van der Waals surface area contributed by atoms with Crippen molar-refractivity contribution in [3.05, 3.63) is 0 Å². The maximum atomic E-state index is 0. The van der Waals surface area contributed by atoms with E-state index in [1.165, 1.54) is 0 Å². The first kappa shape index (κ1) is 31.5.